The molecular formula is C23H30N4O3. The summed E-state index contributed by atoms with van der Waals surface area (Å²) in [6, 6.07) is 16.5. The summed E-state index contributed by atoms with van der Waals surface area (Å²) in [6.07, 6.45) is 1.38. The van der Waals surface area contributed by atoms with Crippen molar-refractivity contribution in [3.63, 3.8) is 0 Å². The van der Waals surface area contributed by atoms with Crippen LogP contribution in [0.3, 0.4) is 0 Å². The predicted octanol–water partition coefficient (Wildman–Crippen LogP) is 1.47. The minimum atomic E-state index is -0.674. The number of nitrogens with one attached hydrogen (secondary N) is 2. The average molecular weight is 411 g/mol. The lowest BCUT2D eigenvalue weighted by Gasteiger charge is -2.31. The van der Waals surface area contributed by atoms with Gasteiger partial charge in [0.05, 0.1) is 6.04 Å². The van der Waals surface area contributed by atoms with Crippen LogP contribution in [0.4, 0.5) is 11.4 Å². The summed E-state index contributed by atoms with van der Waals surface area (Å²) in [5, 5.41) is 14.1. The third-order valence-electron chi connectivity index (χ3n) is 5.38. The van der Waals surface area contributed by atoms with Gasteiger partial charge in [0.25, 0.3) is 0 Å². The molecule has 1 unspecified atom stereocenters. The maximum absolute atomic E-state index is 12.3. The molecule has 1 heterocycles. The number of aliphatic hydroxyl groups excluding tert-OH is 1. The molecule has 0 saturated heterocycles. The number of anilines is 2. The molecule has 3 rings (SSSR count). The van der Waals surface area contributed by atoms with E-state index >= 15 is 0 Å². The molecule has 2 aromatic carbocycles. The maximum Gasteiger partial charge on any atom is 0.309 e. The molecule has 0 radical (unpaired) electrons. The number of aliphatic hydroxyl groups is 1. The number of para-hydroxylation sites is 1. The highest BCUT2D eigenvalue weighted by molar-refractivity contribution is 6.35. The van der Waals surface area contributed by atoms with Gasteiger partial charge in [0.2, 0.25) is 0 Å². The molecule has 0 fully saturated rings. The van der Waals surface area contributed by atoms with Crippen LogP contribution >= 0.6 is 0 Å². The lowest BCUT2D eigenvalue weighted by Crippen LogP contribution is -2.44. The second-order valence-corrected chi connectivity index (χ2v) is 7.62. The molecule has 1 aliphatic rings. The standard InChI is InChI=1S/C23H30N4O3/c1-26(2)19-10-8-18(9-11-19)21(16-25-23(30)22(29)24-13-5-15-28)27-14-12-17-6-3-4-7-20(17)27/h3-4,6-11,21,28H,5,12-16H2,1-2H3,(H,24,29)(H,25,30). The zero-order valence-electron chi connectivity index (χ0n) is 17.6. The minimum Gasteiger partial charge on any atom is -0.396 e. The second kappa shape index (κ2) is 10.1. The molecule has 1 aliphatic heterocycles. The summed E-state index contributed by atoms with van der Waals surface area (Å²) in [4.78, 5) is 28.6. The van der Waals surface area contributed by atoms with Crippen LogP contribution in [0.1, 0.15) is 23.6 Å². The summed E-state index contributed by atoms with van der Waals surface area (Å²) in [6.45, 7) is 1.43. The van der Waals surface area contributed by atoms with Crippen LogP contribution in [-0.2, 0) is 16.0 Å². The van der Waals surface area contributed by atoms with Gasteiger partial charge in [-0.1, -0.05) is 30.3 Å². The zero-order chi connectivity index (χ0) is 21.5. The molecule has 0 aromatic heterocycles. The minimum absolute atomic E-state index is 0.0265. The van der Waals surface area contributed by atoms with E-state index < -0.39 is 11.8 Å². The quantitative estimate of drug-likeness (QED) is 0.453. The Morgan fingerprint density at radius 2 is 1.77 bits per heavy atom. The number of amides is 2. The van der Waals surface area contributed by atoms with Crippen molar-refractivity contribution in [1.29, 1.82) is 0 Å². The smallest absolute Gasteiger partial charge is 0.309 e. The van der Waals surface area contributed by atoms with E-state index in [4.69, 9.17) is 5.11 Å². The van der Waals surface area contributed by atoms with Crippen molar-refractivity contribution >= 4 is 23.2 Å². The number of benzene rings is 2. The zero-order valence-corrected chi connectivity index (χ0v) is 17.6. The number of carbonyl (C=O) groups is 2. The Labute approximate surface area is 177 Å². The van der Waals surface area contributed by atoms with Crippen LogP contribution in [0.25, 0.3) is 0 Å². The fourth-order valence-electron chi connectivity index (χ4n) is 3.72. The van der Waals surface area contributed by atoms with Crippen LogP contribution in [0.15, 0.2) is 48.5 Å². The van der Waals surface area contributed by atoms with Crippen molar-refractivity contribution in [3.05, 3.63) is 59.7 Å². The van der Waals surface area contributed by atoms with Gasteiger partial charge in [0.15, 0.2) is 0 Å². The predicted molar refractivity (Wildman–Crippen MR) is 119 cm³/mol. The van der Waals surface area contributed by atoms with Crippen molar-refractivity contribution < 1.29 is 14.7 Å². The van der Waals surface area contributed by atoms with Gasteiger partial charge in [0.1, 0.15) is 0 Å². The molecule has 7 nitrogen and oxygen atoms in total. The van der Waals surface area contributed by atoms with E-state index in [1.54, 1.807) is 0 Å². The molecule has 0 bridgehead atoms. The first-order valence-electron chi connectivity index (χ1n) is 10.3. The Kier molecular flexibility index (Phi) is 7.30. The van der Waals surface area contributed by atoms with Crippen molar-refractivity contribution in [3.8, 4) is 0 Å². The van der Waals surface area contributed by atoms with Crippen LogP contribution in [0, 0.1) is 0 Å². The van der Waals surface area contributed by atoms with Gasteiger partial charge >= 0.3 is 11.8 Å². The van der Waals surface area contributed by atoms with E-state index in [9.17, 15) is 9.59 Å². The van der Waals surface area contributed by atoms with Gasteiger partial charge in [-0.3, -0.25) is 9.59 Å². The molecule has 2 aromatic rings. The highest BCUT2D eigenvalue weighted by Gasteiger charge is 2.28. The van der Waals surface area contributed by atoms with Crippen LogP contribution in [0.5, 0.6) is 0 Å². The second-order valence-electron chi connectivity index (χ2n) is 7.62. The summed E-state index contributed by atoms with van der Waals surface area (Å²) < 4.78 is 0. The third-order valence-corrected chi connectivity index (χ3v) is 5.38. The number of fused-ring (bicyclic) bond motifs is 1. The van der Waals surface area contributed by atoms with Crippen molar-refractivity contribution in [2.45, 2.75) is 18.9 Å². The van der Waals surface area contributed by atoms with E-state index in [1.807, 2.05) is 31.1 Å². The van der Waals surface area contributed by atoms with Gasteiger partial charge < -0.3 is 25.5 Å². The normalized spacial score (nSPS) is 13.5. The molecule has 1 atom stereocenters. The average Bonchev–Trinajstić information content (AvgIpc) is 3.18. The van der Waals surface area contributed by atoms with Crippen LogP contribution in [-0.4, -0.2) is 57.3 Å². The first-order valence-corrected chi connectivity index (χ1v) is 10.3. The Morgan fingerprint density at radius 1 is 1.07 bits per heavy atom. The monoisotopic (exact) mass is 410 g/mol. The van der Waals surface area contributed by atoms with Gasteiger partial charge in [-0.25, -0.2) is 0 Å². The van der Waals surface area contributed by atoms with Gasteiger partial charge in [-0.15, -0.1) is 0 Å². The largest absolute Gasteiger partial charge is 0.396 e. The third kappa shape index (κ3) is 5.10. The van der Waals surface area contributed by atoms with E-state index in [0.29, 0.717) is 13.0 Å². The molecular weight excluding hydrogens is 380 g/mol. The number of nitrogens with zero attached hydrogens (tertiary/aromatic N) is 2. The van der Waals surface area contributed by atoms with E-state index in [2.05, 4.69) is 51.9 Å². The van der Waals surface area contributed by atoms with Crippen molar-refractivity contribution in [1.82, 2.24) is 10.6 Å². The summed E-state index contributed by atoms with van der Waals surface area (Å²) in [5.41, 5.74) is 4.64. The summed E-state index contributed by atoms with van der Waals surface area (Å²) >= 11 is 0. The van der Waals surface area contributed by atoms with Crippen LogP contribution in [0.2, 0.25) is 0 Å². The van der Waals surface area contributed by atoms with E-state index in [-0.39, 0.29) is 19.2 Å². The Balaban J connectivity index is 1.77. The molecule has 7 heteroatoms. The number of hydrogen-bond acceptors (Lipinski definition) is 5. The van der Waals surface area contributed by atoms with Crippen LogP contribution < -0.4 is 20.4 Å². The number of carbonyl (C=O) groups excluding carboxylic acids is 2. The molecule has 0 aliphatic carbocycles. The lowest BCUT2D eigenvalue weighted by atomic mass is 10.0. The number of hydrogen-bond donors (Lipinski definition) is 3. The summed E-state index contributed by atoms with van der Waals surface area (Å²) in [7, 11) is 4.00. The Hall–Kier alpha value is -3.06. The van der Waals surface area contributed by atoms with Crippen molar-refractivity contribution in [2.75, 3.05) is 50.1 Å². The molecule has 0 saturated carbocycles. The molecule has 0 spiro atoms. The van der Waals surface area contributed by atoms with Gasteiger partial charge in [0, 0.05) is 51.7 Å². The molecule has 2 amide bonds. The molecule has 30 heavy (non-hydrogen) atoms. The van der Waals surface area contributed by atoms with Gasteiger partial charge in [-0.2, -0.15) is 0 Å². The van der Waals surface area contributed by atoms with Gasteiger partial charge in [-0.05, 0) is 42.2 Å². The highest BCUT2D eigenvalue weighted by Crippen LogP contribution is 2.35. The highest BCUT2D eigenvalue weighted by atomic mass is 16.3. The molecule has 160 valence electrons. The SMILES string of the molecule is CN(C)c1ccc(C(CNC(=O)C(=O)NCCCO)N2CCc3ccccc32)cc1. The summed E-state index contributed by atoms with van der Waals surface area (Å²) in [5.74, 6) is -1.33. The van der Waals surface area contributed by atoms with E-state index in [1.165, 1.54) is 11.3 Å². The Bertz CT molecular complexity index is 867. The Morgan fingerprint density at radius 3 is 2.47 bits per heavy atom. The molecule has 3 N–H and O–H groups in total. The maximum atomic E-state index is 12.3. The van der Waals surface area contributed by atoms with E-state index in [0.717, 1.165) is 24.2 Å². The van der Waals surface area contributed by atoms with Crippen molar-refractivity contribution in [2.24, 2.45) is 0 Å². The topological polar surface area (TPSA) is 84.9 Å². The first kappa shape index (κ1) is 21.6. The first-order chi connectivity index (χ1) is 14.5. The number of rotatable bonds is 8. The fraction of sp³-hybridized carbons (Fsp3) is 0.391. The lowest BCUT2D eigenvalue weighted by molar-refractivity contribution is -0.139. The fourth-order valence-corrected chi connectivity index (χ4v) is 3.72.